The van der Waals surface area contributed by atoms with Crippen LogP contribution in [0.15, 0.2) is 42.6 Å². The summed E-state index contributed by atoms with van der Waals surface area (Å²) in [7, 11) is 0. The number of carbonyl (C=O) groups excluding carboxylic acids is 1. The van der Waals surface area contributed by atoms with Crippen molar-refractivity contribution < 1.29 is 4.79 Å². The highest BCUT2D eigenvalue weighted by Crippen LogP contribution is 2.23. The van der Waals surface area contributed by atoms with Crippen LogP contribution in [0.2, 0.25) is 0 Å². The molecule has 0 atom stereocenters. The Labute approximate surface area is 116 Å². The van der Waals surface area contributed by atoms with Crippen LogP contribution < -0.4 is 5.32 Å². The predicted molar refractivity (Wildman–Crippen MR) is 80.0 cm³/mol. The van der Waals surface area contributed by atoms with E-state index in [0.717, 1.165) is 16.5 Å². The number of aryl methyl sites for hydroxylation is 2. The Balaban J connectivity index is 1.98. The molecule has 1 aromatic carbocycles. The summed E-state index contributed by atoms with van der Waals surface area (Å²) in [5.41, 5.74) is 3.68. The maximum atomic E-state index is 12.3. The van der Waals surface area contributed by atoms with E-state index in [2.05, 4.69) is 21.4 Å². The number of benzene rings is 1. The molecular weight excluding hydrogens is 250 g/mol. The third-order valence-corrected chi connectivity index (χ3v) is 3.35. The first-order valence-corrected chi connectivity index (χ1v) is 6.46. The second-order valence-corrected chi connectivity index (χ2v) is 4.84. The lowest BCUT2D eigenvalue weighted by molar-refractivity contribution is 0.102. The normalized spacial score (nSPS) is 10.7. The highest BCUT2D eigenvalue weighted by atomic mass is 16.1. The Morgan fingerprint density at radius 3 is 2.80 bits per heavy atom. The van der Waals surface area contributed by atoms with Crippen molar-refractivity contribution in [3.05, 3.63) is 59.4 Å². The van der Waals surface area contributed by atoms with E-state index < -0.39 is 0 Å². The molecule has 0 unspecified atom stereocenters. The van der Waals surface area contributed by atoms with E-state index >= 15 is 0 Å². The zero-order chi connectivity index (χ0) is 14.1. The molecule has 0 aliphatic heterocycles. The van der Waals surface area contributed by atoms with Crippen LogP contribution in [-0.2, 0) is 0 Å². The minimum atomic E-state index is -0.171. The van der Waals surface area contributed by atoms with Crippen molar-refractivity contribution in [1.82, 2.24) is 9.97 Å². The molecule has 4 heteroatoms. The van der Waals surface area contributed by atoms with Crippen LogP contribution in [0.25, 0.3) is 10.9 Å². The molecule has 0 spiro atoms. The lowest BCUT2D eigenvalue weighted by Gasteiger charge is -2.03. The average Bonchev–Trinajstić information content (AvgIpc) is 2.77. The molecular formula is C16H15N3O. The maximum absolute atomic E-state index is 12.3. The number of pyridine rings is 1. The second-order valence-electron chi connectivity index (χ2n) is 4.84. The molecule has 0 aliphatic carbocycles. The fraction of sp³-hybridized carbons (Fsp3) is 0.125. The maximum Gasteiger partial charge on any atom is 0.273 e. The Kier molecular flexibility index (Phi) is 2.99. The first kappa shape index (κ1) is 12.4. The molecule has 0 fully saturated rings. The molecule has 0 radical (unpaired) electrons. The van der Waals surface area contributed by atoms with Crippen molar-refractivity contribution in [3.63, 3.8) is 0 Å². The Morgan fingerprint density at radius 1 is 1.20 bits per heavy atom. The summed E-state index contributed by atoms with van der Waals surface area (Å²) in [6.45, 7) is 3.99. The van der Waals surface area contributed by atoms with Gasteiger partial charge in [-0.05, 0) is 43.7 Å². The van der Waals surface area contributed by atoms with Crippen molar-refractivity contribution in [2.45, 2.75) is 13.8 Å². The Hall–Kier alpha value is -2.62. The minimum absolute atomic E-state index is 0.171. The largest absolute Gasteiger partial charge is 0.350 e. The Bertz CT molecular complexity index is 775. The molecule has 2 N–H and O–H groups in total. The second kappa shape index (κ2) is 4.81. The molecule has 4 nitrogen and oxygen atoms in total. The monoisotopic (exact) mass is 265 g/mol. The van der Waals surface area contributed by atoms with Crippen LogP contribution >= 0.6 is 0 Å². The summed E-state index contributed by atoms with van der Waals surface area (Å²) in [4.78, 5) is 19.6. The van der Waals surface area contributed by atoms with E-state index in [4.69, 9.17) is 0 Å². The van der Waals surface area contributed by atoms with Gasteiger partial charge in [-0.2, -0.15) is 0 Å². The van der Waals surface area contributed by atoms with E-state index in [1.807, 2.05) is 38.1 Å². The first-order chi connectivity index (χ1) is 9.65. The predicted octanol–water partition coefficient (Wildman–Crippen LogP) is 3.43. The summed E-state index contributed by atoms with van der Waals surface area (Å²) >= 11 is 0. The molecule has 3 aromatic rings. The van der Waals surface area contributed by atoms with Gasteiger partial charge in [0.2, 0.25) is 0 Å². The number of H-pyrrole nitrogens is 1. The number of hydrogen-bond acceptors (Lipinski definition) is 2. The number of rotatable bonds is 2. The number of aromatic amines is 1. The van der Waals surface area contributed by atoms with Crippen molar-refractivity contribution in [2.75, 3.05) is 5.32 Å². The van der Waals surface area contributed by atoms with Crippen LogP contribution in [0.4, 0.5) is 5.82 Å². The van der Waals surface area contributed by atoms with Crippen LogP contribution in [0.1, 0.15) is 21.6 Å². The molecule has 0 saturated carbocycles. The van der Waals surface area contributed by atoms with Gasteiger partial charge in [-0.25, -0.2) is 4.98 Å². The van der Waals surface area contributed by atoms with Crippen LogP contribution in [-0.4, -0.2) is 15.9 Å². The van der Waals surface area contributed by atoms with Gasteiger partial charge in [-0.3, -0.25) is 4.79 Å². The van der Waals surface area contributed by atoms with Crippen LogP contribution in [0, 0.1) is 13.8 Å². The fourth-order valence-corrected chi connectivity index (χ4v) is 2.28. The zero-order valence-electron chi connectivity index (χ0n) is 11.4. The van der Waals surface area contributed by atoms with E-state index in [1.165, 1.54) is 5.56 Å². The summed E-state index contributed by atoms with van der Waals surface area (Å²) < 4.78 is 0. The molecule has 0 bridgehead atoms. The van der Waals surface area contributed by atoms with Gasteiger partial charge in [0.05, 0.1) is 0 Å². The number of fused-ring (bicyclic) bond motifs is 1. The number of amides is 1. The number of nitrogens with one attached hydrogen (secondary N) is 2. The standard InChI is InChI=1S/C16H15N3O/c1-10-6-7-13-12(9-10)11(2)15(18-13)16(20)19-14-5-3-4-8-17-14/h3-9,18H,1-2H3,(H,17,19,20). The average molecular weight is 265 g/mol. The van der Waals surface area contributed by atoms with Crippen molar-refractivity contribution in [1.29, 1.82) is 0 Å². The third-order valence-electron chi connectivity index (χ3n) is 3.35. The smallest absolute Gasteiger partial charge is 0.273 e. The first-order valence-electron chi connectivity index (χ1n) is 6.46. The van der Waals surface area contributed by atoms with E-state index in [0.29, 0.717) is 11.5 Å². The van der Waals surface area contributed by atoms with Crippen LogP contribution in [0.5, 0.6) is 0 Å². The molecule has 100 valence electrons. The topological polar surface area (TPSA) is 57.8 Å². The highest BCUT2D eigenvalue weighted by molar-refractivity contribution is 6.07. The fourth-order valence-electron chi connectivity index (χ4n) is 2.28. The molecule has 0 saturated heterocycles. The quantitative estimate of drug-likeness (QED) is 0.745. The third kappa shape index (κ3) is 2.16. The molecule has 2 heterocycles. The van der Waals surface area contributed by atoms with E-state index in [1.54, 1.807) is 12.3 Å². The van der Waals surface area contributed by atoms with Gasteiger partial charge in [-0.1, -0.05) is 17.7 Å². The Morgan fingerprint density at radius 2 is 2.05 bits per heavy atom. The molecule has 2 aromatic heterocycles. The summed E-state index contributed by atoms with van der Waals surface area (Å²) in [6, 6.07) is 11.5. The lowest BCUT2D eigenvalue weighted by atomic mass is 10.1. The van der Waals surface area contributed by atoms with Gasteiger partial charge in [0, 0.05) is 17.1 Å². The zero-order valence-corrected chi connectivity index (χ0v) is 11.4. The summed E-state index contributed by atoms with van der Waals surface area (Å²) in [6.07, 6.45) is 1.65. The molecule has 20 heavy (non-hydrogen) atoms. The van der Waals surface area contributed by atoms with Gasteiger partial charge in [0.25, 0.3) is 5.91 Å². The van der Waals surface area contributed by atoms with Crippen molar-refractivity contribution in [2.24, 2.45) is 0 Å². The minimum Gasteiger partial charge on any atom is -0.350 e. The highest BCUT2D eigenvalue weighted by Gasteiger charge is 2.15. The van der Waals surface area contributed by atoms with Crippen molar-refractivity contribution in [3.8, 4) is 0 Å². The van der Waals surface area contributed by atoms with Gasteiger partial charge < -0.3 is 10.3 Å². The summed E-state index contributed by atoms with van der Waals surface area (Å²) in [5, 5.41) is 3.87. The van der Waals surface area contributed by atoms with E-state index in [-0.39, 0.29) is 5.91 Å². The van der Waals surface area contributed by atoms with Gasteiger partial charge in [0.15, 0.2) is 0 Å². The number of anilines is 1. The molecule has 1 amide bonds. The van der Waals surface area contributed by atoms with Gasteiger partial charge in [-0.15, -0.1) is 0 Å². The van der Waals surface area contributed by atoms with Gasteiger partial charge >= 0.3 is 0 Å². The number of nitrogens with zero attached hydrogens (tertiary/aromatic N) is 1. The number of hydrogen-bond donors (Lipinski definition) is 2. The van der Waals surface area contributed by atoms with Crippen LogP contribution in [0.3, 0.4) is 0 Å². The lowest BCUT2D eigenvalue weighted by Crippen LogP contribution is -2.14. The van der Waals surface area contributed by atoms with Crippen molar-refractivity contribution >= 4 is 22.6 Å². The SMILES string of the molecule is Cc1ccc2[nH]c(C(=O)Nc3ccccn3)c(C)c2c1. The molecule has 0 aliphatic rings. The summed E-state index contributed by atoms with van der Waals surface area (Å²) in [5.74, 6) is 0.377. The van der Waals surface area contributed by atoms with E-state index in [9.17, 15) is 4.79 Å². The molecule has 3 rings (SSSR count). The number of aromatic nitrogens is 2. The van der Waals surface area contributed by atoms with Gasteiger partial charge in [0.1, 0.15) is 11.5 Å². The number of carbonyl (C=O) groups is 1.